The number of rotatable bonds is 2. The average molecular weight is 238 g/mol. The minimum Gasteiger partial charge on any atom is -0.477 e. The van der Waals surface area contributed by atoms with Gasteiger partial charge >= 0.3 is 5.97 Å². The smallest absolute Gasteiger partial charge is 0.354 e. The third-order valence-corrected chi connectivity index (χ3v) is 3.30. The van der Waals surface area contributed by atoms with Crippen molar-refractivity contribution in [3.8, 4) is 0 Å². The summed E-state index contributed by atoms with van der Waals surface area (Å²) in [5.74, 6) is -0.504. The number of fused-ring (bicyclic) bond motifs is 1. The molecule has 1 aromatic heterocycles. The zero-order valence-electron chi connectivity index (χ0n) is 8.61. The van der Waals surface area contributed by atoms with Gasteiger partial charge in [0, 0.05) is 0 Å². The van der Waals surface area contributed by atoms with Gasteiger partial charge in [0.1, 0.15) is 5.82 Å². The number of anilines is 1. The van der Waals surface area contributed by atoms with Crippen molar-refractivity contribution >= 4 is 29.5 Å². The molecule has 0 fully saturated rings. The van der Waals surface area contributed by atoms with Crippen molar-refractivity contribution in [1.82, 2.24) is 4.98 Å². The Hall–Kier alpha value is -1.56. The first-order valence-electron chi connectivity index (χ1n) is 4.81. The van der Waals surface area contributed by atoms with E-state index in [4.69, 9.17) is 5.11 Å². The van der Waals surface area contributed by atoms with Crippen molar-refractivity contribution in [2.75, 3.05) is 11.1 Å². The Morgan fingerprint density at radius 3 is 3.06 bits per heavy atom. The maximum Gasteiger partial charge on any atom is 0.354 e. The first kappa shape index (κ1) is 10.9. The van der Waals surface area contributed by atoms with E-state index in [0.29, 0.717) is 23.6 Å². The zero-order valence-corrected chi connectivity index (χ0v) is 9.43. The van der Waals surface area contributed by atoms with Crippen LogP contribution in [-0.4, -0.2) is 27.7 Å². The molecule has 0 atom stereocenters. The van der Waals surface area contributed by atoms with Crippen LogP contribution in [0.2, 0.25) is 0 Å². The number of amides is 1. The number of pyridine rings is 1. The van der Waals surface area contributed by atoms with Gasteiger partial charge in [-0.25, -0.2) is 9.78 Å². The molecule has 0 spiro atoms. The number of aromatic nitrogens is 1. The van der Waals surface area contributed by atoms with Crippen molar-refractivity contribution in [1.29, 1.82) is 0 Å². The maximum atomic E-state index is 11.1. The van der Waals surface area contributed by atoms with Gasteiger partial charge in [-0.05, 0) is 18.1 Å². The SMILES string of the molecule is CCc1cc2c(nc1C(=O)O)NC(=O)CS2. The highest BCUT2D eigenvalue weighted by molar-refractivity contribution is 8.00. The lowest BCUT2D eigenvalue weighted by atomic mass is 10.1. The van der Waals surface area contributed by atoms with E-state index < -0.39 is 5.97 Å². The summed E-state index contributed by atoms with van der Waals surface area (Å²) in [6, 6.07) is 1.79. The monoisotopic (exact) mass is 238 g/mol. The van der Waals surface area contributed by atoms with E-state index in [1.54, 1.807) is 6.07 Å². The molecule has 0 saturated heterocycles. The largest absolute Gasteiger partial charge is 0.477 e. The molecular formula is C10H10N2O3S. The molecule has 84 valence electrons. The topological polar surface area (TPSA) is 79.3 Å². The predicted octanol–water partition coefficient (Wildman–Crippen LogP) is 1.39. The minimum atomic E-state index is -1.07. The number of aryl methyl sites for hydroxylation is 1. The molecule has 0 saturated carbocycles. The van der Waals surface area contributed by atoms with Gasteiger partial charge < -0.3 is 10.4 Å². The highest BCUT2D eigenvalue weighted by atomic mass is 32.2. The van der Waals surface area contributed by atoms with Crippen LogP contribution in [0.25, 0.3) is 0 Å². The summed E-state index contributed by atoms with van der Waals surface area (Å²) in [5, 5.41) is 11.6. The maximum absolute atomic E-state index is 11.1. The van der Waals surface area contributed by atoms with Crippen molar-refractivity contribution in [2.45, 2.75) is 18.2 Å². The van der Waals surface area contributed by atoms with Gasteiger partial charge in [-0.15, -0.1) is 11.8 Å². The second-order valence-electron chi connectivity index (χ2n) is 3.34. The molecule has 16 heavy (non-hydrogen) atoms. The van der Waals surface area contributed by atoms with Crippen LogP contribution in [0.4, 0.5) is 5.82 Å². The van der Waals surface area contributed by atoms with Crippen LogP contribution < -0.4 is 5.32 Å². The summed E-state index contributed by atoms with van der Waals surface area (Å²) in [6.07, 6.45) is 0.608. The molecule has 1 aliphatic rings. The predicted molar refractivity (Wildman–Crippen MR) is 59.9 cm³/mol. The average Bonchev–Trinajstić information content (AvgIpc) is 2.27. The van der Waals surface area contributed by atoms with Crippen molar-refractivity contribution in [3.05, 3.63) is 17.3 Å². The van der Waals surface area contributed by atoms with Crippen molar-refractivity contribution in [2.24, 2.45) is 0 Å². The second kappa shape index (κ2) is 4.13. The molecule has 1 aromatic rings. The van der Waals surface area contributed by atoms with Crippen LogP contribution >= 0.6 is 11.8 Å². The Morgan fingerprint density at radius 1 is 1.69 bits per heavy atom. The summed E-state index contributed by atoms with van der Waals surface area (Å²) in [7, 11) is 0. The number of nitrogens with one attached hydrogen (secondary N) is 1. The number of hydrogen-bond acceptors (Lipinski definition) is 4. The Balaban J connectivity index is 2.52. The van der Waals surface area contributed by atoms with E-state index in [0.717, 1.165) is 4.90 Å². The minimum absolute atomic E-state index is 0.0176. The number of nitrogens with zero attached hydrogens (tertiary/aromatic N) is 1. The molecule has 0 bridgehead atoms. The highest BCUT2D eigenvalue weighted by Crippen LogP contribution is 2.31. The quantitative estimate of drug-likeness (QED) is 0.813. The van der Waals surface area contributed by atoms with Crippen LogP contribution in [0, 0.1) is 0 Å². The Bertz CT molecular complexity index is 473. The second-order valence-corrected chi connectivity index (χ2v) is 4.36. The van der Waals surface area contributed by atoms with Crippen molar-refractivity contribution < 1.29 is 14.7 Å². The zero-order chi connectivity index (χ0) is 11.7. The molecular weight excluding hydrogens is 228 g/mol. The first-order valence-corrected chi connectivity index (χ1v) is 5.80. The molecule has 2 heterocycles. The number of carbonyl (C=O) groups is 2. The molecule has 5 nitrogen and oxygen atoms in total. The molecule has 1 aliphatic heterocycles. The molecule has 0 radical (unpaired) electrons. The summed E-state index contributed by atoms with van der Waals surface area (Å²) in [6.45, 7) is 1.88. The number of carbonyl (C=O) groups excluding carboxylic acids is 1. The fourth-order valence-electron chi connectivity index (χ4n) is 1.50. The summed E-state index contributed by atoms with van der Waals surface area (Å²) < 4.78 is 0. The Kier molecular flexibility index (Phi) is 2.82. The van der Waals surface area contributed by atoms with Crippen LogP contribution in [0.5, 0.6) is 0 Å². The van der Waals surface area contributed by atoms with Gasteiger partial charge in [0.05, 0.1) is 10.6 Å². The number of carboxylic acid groups (broad SMARTS) is 1. The van der Waals surface area contributed by atoms with Gasteiger partial charge in [0.25, 0.3) is 0 Å². The number of carboxylic acids is 1. The normalized spacial score (nSPS) is 14.2. The molecule has 2 N–H and O–H groups in total. The fourth-order valence-corrected chi connectivity index (χ4v) is 2.32. The lowest BCUT2D eigenvalue weighted by molar-refractivity contribution is -0.113. The van der Waals surface area contributed by atoms with Crippen molar-refractivity contribution in [3.63, 3.8) is 0 Å². The summed E-state index contributed by atoms with van der Waals surface area (Å²) in [5.41, 5.74) is 0.707. The lowest BCUT2D eigenvalue weighted by Crippen LogP contribution is -2.21. The molecule has 1 amide bonds. The summed E-state index contributed by atoms with van der Waals surface area (Å²) in [4.78, 5) is 26.9. The molecule has 0 aromatic carbocycles. The Labute approximate surface area is 96.3 Å². The lowest BCUT2D eigenvalue weighted by Gasteiger charge is -2.17. The van der Waals surface area contributed by atoms with Crippen LogP contribution in [0.3, 0.4) is 0 Å². The van der Waals surface area contributed by atoms with E-state index in [1.165, 1.54) is 11.8 Å². The van der Waals surface area contributed by atoms with Gasteiger partial charge in [0.15, 0.2) is 5.69 Å². The van der Waals surface area contributed by atoms with E-state index >= 15 is 0 Å². The molecule has 2 rings (SSSR count). The van der Waals surface area contributed by atoms with Crippen LogP contribution in [0.15, 0.2) is 11.0 Å². The Morgan fingerprint density at radius 2 is 2.44 bits per heavy atom. The van der Waals surface area contributed by atoms with Crippen LogP contribution in [-0.2, 0) is 11.2 Å². The fraction of sp³-hybridized carbons (Fsp3) is 0.300. The molecule has 0 unspecified atom stereocenters. The number of aromatic carboxylic acids is 1. The van der Waals surface area contributed by atoms with Gasteiger partial charge in [-0.1, -0.05) is 6.92 Å². The standard InChI is InChI=1S/C10H10N2O3S/c1-2-5-3-6-9(11-7(13)4-16-6)12-8(5)10(14)15/h3H,2,4H2,1H3,(H,14,15)(H,11,12,13). The summed E-state index contributed by atoms with van der Waals surface area (Å²) >= 11 is 1.38. The van der Waals surface area contributed by atoms with E-state index in [2.05, 4.69) is 10.3 Å². The number of thioether (sulfide) groups is 1. The van der Waals surface area contributed by atoms with Gasteiger partial charge in [-0.3, -0.25) is 4.79 Å². The van der Waals surface area contributed by atoms with E-state index in [-0.39, 0.29) is 11.6 Å². The van der Waals surface area contributed by atoms with Crippen LogP contribution in [0.1, 0.15) is 23.0 Å². The highest BCUT2D eigenvalue weighted by Gasteiger charge is 2.21. The van der Waals surface area contributed by atoms with Gasteiger partial charge in [-0.2, -0.15) is 0 Å². The van der Waals surface area contributed by atoms with E-state index in [9.17, 15) is 9.59 Å². The molecule has 6 heteroatoms. The van der Waals surface area contributed by atoms with Gasteiger partial charge in [0.2, 0.25) is 5.91 Å². The first-order chi connectivity index (χ1) is 7.61. The third-order valence-electron chi connectivity index (χ3n) is 2.27. The van der Waals surface area contributed by atoms with E-state index in [1.807, 2.05) is 6.92 Å². The third kappa shape index (κ3) is 1.88. The molecule has 0 aliphatic carbocycles. The number of hydrogen-bond donors (Lipinski definition) is 2.